The Kier molecular flexibility index (Phi) is 5.93. The number of aliphatic imine (C=N–C) groups is 1. The molecule has 0 saturated heterocycles. The van der Waals surface area contributed by atoms with Gasteiger partial charge < -0.3 is 10.0 Å². The molecule has 0 amide bonds. The molecular formula is C29H29N3O3S. The largest absolute Gasteiger partial charge is 0.388 e. The molecule has 0 bridgehead atoms. The summed E-state index contributed by atoms with van der Waals surface area (Å²) in [5.41, 5.74) is 3.82. The van der Waals surface area contributed by atoms with E-state index in [1.165, 1.54) is 6.26 Å². The fourth-order valence-electron chi connectivity index (χ4n) is 4.69. The number of anilines is 1. The van der Waals surface area contributed by atoms with Crippen molar-refractivity contribution in [2.24, 2.45) is 4.99 Å². The first kappa shape index (κ1) is 24.2. The lowest BCUT2D eigenvalue weighted by Crippen LogP contribution is -2.39. The van der Waals surface area contributed by atoms with Crippen molar-refractivity contribution in [2.75, 3.05) is 17.7 Å². The average Bonchev–Trinajstić information content (AvgIpc) is 3.29. The van der Waals surface area contributed by atoms with E-state index in [4.69, 9.17) is 4.99 Å². The summed E-state index contributed by atoms with van der Waals surface area (Å²) in [4.78, 5) is 11.7. The molecule has 2 heterocycles. The Morgan fingerprint density at radius 3 is 2.47 bits per heavy atom. The third kappa shape index (κ3) is 4.52. The number of fused-ring (bicyclic) bond motifs is 1. The molecule has 1 aromatic heterocycles. The summed E-state index contributed by atoms with van der Waals surface area (Å²) in [5, 5.41) is 12.9. The van der Waals surface area contributed by atoms with Gasteiger partial charge in [-0.25, -0.2) is 8.42 Å². The number of pyridine rings is 1. The summed E-state index contributed by atoms with van der Waals surface area (Å²) in [6, 6.07) is 20.9. The average molecular weight is 500 g/mol. The van der Waals surface area contributed by atoms with E-state index in [2.05, 4.69) is 22.0 Å². The first-order valence-electron chi connectivity index (χ1n) is 11.8. The van der Waals surface area contributed by atoms with Crippen LogP contribution in [0, 0.1) is 6.92 Å². The number of aliphatic hydroxyl groups is 1. The SMILES string of the molecule is Cc1cc(-c2cccc(S(C)(=O)=O)c2)ccc1N1CC(C(C)(C)O)N=C1c1cccc2cnccc12. The van der Waals surface area contributed by atoms with Crippen molar-refractivity contribution in [1.29, 1.82) is 0 Å². The normalized spacial score (nSPS) is 16.4. The molecule has 1 aliphatic rings. The van der Waals surface area contributed by atoms with Crippen LogP contribution >= 0.6 is 0 Å². The van der Waals surface area contributed by atoms with Crippen molar-refractivity contribution in [1.82, 2.24) is 4.98 Å². The van der Waals surface area contributed by atoms with Gasteiger partial charge in [0.05, 0.1) is 16.5 Å². The van der Waals surface area contributed by atoms with Gasteiger partial charge in [-0.15, -0.1) is 0 Å². The Balaban J connectivity index is 1.59. The van der Waals surface area contributed by atoms with Gasteiger partial charge in [0.2, 0.25) is 0 Å². The van der Waals surface area contributed by atoms with E-state index in [1.54, 1.807) is 38.2 Å². The highest BCUT2D eigenvalue weighted by atomic mass is 32.2. The van der Waals surface area contributed by atoms with Gasteiger partial charge in [-0.2, -0.15) is 0 Å². The first-order chi connectivity index (χ1) is 17.0. The summed E-state index contributed by atoms with van der Waals surface area (Å²) < 4.78 is 24.1. The van der Waals surface area contributed by atoms with Gasteiger partial charge >= 0.3 is 0 Å². The molecule has 184 valence electrons. The Morgan fingerprint density at radius 2 is 1.75 bits per heavy atom. The first-order valence-corrected chi connectivity index (χ1v) is 13.7. The smallest absolute Gasteiger partial charge is 0.175 e. The van der Waals surface area contributed by atoms with Crippen LogP contribution in [0.15, 0.2) is 89.0 Å². The molecule has 5 rings (SSSR count). The zero-order valence-electron chi connectivity index (χ0n) is 20.8. The molecule has 0 spiro atoms. The van der Waals surface area contributed by atoms with Gasteiger partial charge in [0.15, 0.2) is 9.84 Å². The molecule has 6 nitrogen and oxygen atoms in total. The van der Waals surface area contributed by atoms with Crippen LogP contribution in [-0.2, 0) is 9.84 Å². The summed E-state index contributed by atoms with van der Waals surface area (Å²) in [5.74, 6) is 0.814. The number of rotatable bonds is 5. The quantitative estimate of drug-likeness (QED) is 0.417. The van der Waals surface area contributed by atoms with E-state index >= 15 is 0 Å². The van der Waals surface area contributed by atoms with Crippen LogP contribution in [0.25, 0.3) is 21.9 Å². The van der Waals surface area contributed by atoms with E-state index < -0.39 is 15.4 Å². The van der Waals surface area contributed by atoms with Crippen molar-refractivity contribution in [2.45, 2.75) is 37.3 Å². The molecule has 1 N–H and O–H groups in total. The lowest BCUT2D eigenvalue weighted by molar-refractivity contribution is 0.0583. The van der Waals surface area contributed by atoms with E-state index in [-0.39, 0.29) is 6.04 Å². The van der Waals surface area contributed by atoms with Crippen LogP contribution in [-0.4, -0.2) is 48.8 Å². The molecule has 0 saturated carbocycles. The van der Waals surface area contributed by atoms with Crippen molar-refractivity contribution in [3.63, 3.8) is 0 Å². The molecule has 4 aromatic rings. The summed E-state index contributed by atoms with van der Waals surface area (Å²) >= 11 is 0. The maximum atomic E-state index is 12.0. The Hall–Kier alpha value is -3.55. The fourth-order valence-corrected chi connectivity index (χ4v) is 5.35. The zero-order chi connectivity index (χ0) is 25.7. The highest BCUT2D eigenvalue weighted by Gasteiger charge is 2.37. The zero-order valence-corrected chi connectivity index (χ0v) is 21.6. The number of hydrogen-bond acceptors (Lipinski definition) is 6. The monoisotopic (exact) mass is 499 g/mol. The predicted octanol–water partition coefficient (Wildman–Crippen LogP) is 5.02. The highest BCUT2D eigenvalue weighted by molar-refractivity contribution is 7.90. The topological polar surface area (TPSA) is 82.9 Å². The molecular weight excluding hydrogens is 470 g/mol. The second-order valence-corrected chi connectivity index (χ2v) is 12.0. The van der Waals surface area contributed by atoms with Crippen LogP contribution in [0.5, 0.6) is 0 Å². The van der Waals surface area contributed by atoms with Crippen LogP contribution in [0.2, 0.25) is 0 Å². The second kappa shape index (κ2) is 8.84. The highest BCUT2D eigenvalue weighted by Crippen LogP contribution is 2.34. The van der Waals surface area contributed by atoms with Gasteiger partial charge in [-0.05, 0) is 73.2 Å². The number of nitrogens with zero attached hydrogens (tertiary/aromatic N) is 3. The molecule has 0 radical (unpaired) electrons. The Morgan fingerprint density at radius 1 is 1.00 bits per heavy atom. The molecule has 1 unspecified atom stereocenters. The van der Waals surface area contributed by atoms with E-state index in [1.807, 2.05) is 49.5 Å². The van der Waals surface area contributed by atoms with Crippen molar-refractivity contribution in [3.8, 4) is 11.1 Å². The Labute approximate surface area is 211 Å². The van der Waals surface area contributed by atoms with Gasteiger partial charge in [0.1, 0.15) is 5.84 Å². The molecule has 0 fully saturated rings. The summed E-state index contributed by atoms with van der Waals surface area (Å²) in [6.07, 6.45) is 4.84. The minimum Gasteiger partial charge on any atom is -0.388 e. The van der Waals surface area contributed by atoms with Crippen molar-refractivity contribution >= 4 is 32.1 Å². The third-order valence-corrected chi connectivity index (χ3v) is 7.82. The minimum absolute atomic E-state index is 0.296. The molecule has 3 aromatic carbocycles. The fraction of sp³-hybridized carbons (Fsp3) is 0.241. The Bertz CT molecular complexity index is 1600. The van der Waals surface area contributed by atoms with Crippen LogP contribution < -0.4 is 4.90 Å². The van der Waals surface area contributed by atoms with Crippen molar-refractivity contribution < 1.29 is 13.5 Å². The van der Waals surface area contributed by atoms with Crippen LogP contribution in [0.1, 0.15) is 25.0 Å². The molecule has 1 aliphatic heterocycles. The van der Waals surface area contributed by atoms with Gasteiger partial charge in [-0.1, -0.05) is 36.4 Å². The third-order valence-electron chi connectivity index (χ3n) is 6.71. The maximum absolute atomic E-state index is 12.0. The number of aryl methyl sites for hydroxylation is 1. The lowest BCUT2D eigenvalue weighted by atomic mass is 9.99. The number of amidine groups is 1. The summed E-state index contributed by atoms with van der Waals surface area (Å²) in [6.45, 7) is 6.17. The van der Waals surface area contributed by atoms with Crippen molar-refractivity contribution in [3.05, 3.63) is 90.3 Å². The molecule has 36 heavy (non-hydrogen) atoms. The van der Waals surface area contributed by atoms with E-state index in [0.717, 1.165) is 44.5 Å². The van der Waals surface area contributed by atoms with Gasteiger partial charge in [-0.3, -0.25) is 9.98 Å². The van der Waals surface area contributed by atoms with E-state index in [0.29, 0.717) is 11.4 Å². The van der Waals surface area contributed by atoms with Crippen LogP contribution in [0.3, 0.4) is 0 Å². The molecule has 7 heteroatoms. The number of sulfone groups is 1. The van der Waals surface area contributed by atoms with Crippen LogP contribution in [0.4, 0.5) is 5.69 Å². The standard InChI is InChI=1S/C29H29N3O3S/c1-19-15-21(20-7-5-9-23(16-20)36(4,34)35)11-12-26(19)32-18-27(29(2,3)33)31-28(32)25-10-6-8-22-17-30-14-13-24(22)25/h5-17,27,33H,18H2,1-4H3. The second-order valence-electron chi connectivity index (χ2n) is 9.94. The van der Waals surface area contributed by atoms with E-state index in [9.17, 15) is 13.5 Å². The van der Waals surface area contributed by atoms with Gasteiger partial charge in [0, 0.05) is 41.8 Å². The minimum atomic E-state index is -3.29. The number of benzene rings is 3. The summed E-state index contributed by atoms with van der Waals surface area (Å²) in [7, 11) is -3.29. The number of aromatic nitrogens is 1. The molecule has 1 atom stereocenters. The molecule has 0 aliphatic carbocycles. The maximum Gasteiger partial charge on any atom is 0.175 e. The number of hydrogen-bond donors (Lipinski definition) is 1. The lowest BCUT2D eigenvalue weighted by Gasteiger charge is -2.27. The van der Waals surface area contributed by atoms with Gasteiger partial charge in [0.25, 0.3) is 0 Å². The predicted molar refractivity (Wildman–Crippen MR) is 145 cm³/mol.